The Morgan fingerprint density at radius 3 is 2.69 bits per heavy atom. The van der Waals surface area contributed by atoms with Gasteiger partial charge in [-0.1, -0.05) is 66.4 Å². The van der Waals surface area contributed by atoms with E-state index in [2.05, 4.69) is 33.0 Å². The van der Waals surface area contributed by atoms with Crippen LogP contribution >= 0.6 is 23.1 Å². The minimum atomic E-state index is -0.0822. The summed E-state index contributed by atoms with van der Waals surface area (Å²) in [7, 11) is 0. The molecule has 0 aliphatic heterocycles. The number of para-hydroxylation sites is 1. The number of amides is 1. The van der Waals surface area contributed by atoms with Gasteiger partial charge in [-0.05, 0) is 45.5 Å². The Balaban J connectivity index is 1.37. The smallest absolute Gasteiger partial charge is 0.234 e. The molecule has 4 rings (SSSR count). The van der Waals surface area contributed by atoms with Gasteiger partial charge in [-0.15, -0.1) is 16.4 Å². The van der Waals surface area contributed by atoms with Crippen LogP contribution in [0, 0.1) is 0 Å². The van der Waals surface area contributed by atoms with Gasteiger partial charge in [0.2, 0.25) is 11.1 Å². The Bertz CT molecular complexity index is 1060. The molecule has 0 bridgehead atoms. The van der Waals surface area contributed by atoms with Crippen LogP contribution in [0.4, 0.5) is 5.69 Å². The van der Waals surface area contributed by atoms with Gasteiger partial charge in [-0.25, -0.2) is 4.68 Å². The van der Waals surface area contributed by atoms with Crippen molar-refractivity contribution in [2.45, 2.75) is 18.1 Å². The summed E-state index contributed by atoms with van der Waals surface area (Å²) in [5.74, 6) is 0.158. The summed E-state index contributed by atoms with van der Waals surface area (Å²) in [6.45, 7) is 0.606. The SMILES string of the molecule is O=C(CSc1nnnn1Cc1cccs1)Nc1ccccc1Cc1ccccc1. The molecule has 0 aliphatic carbocycles. The molecule has 29 heavy (non-hydrogen) atoms. The zero-order chi connectivity index (χ0) is 19.9. The second-order valence-corrected chi connectivity index (χ2v) is 8.33. The second kappa shape index (κ2) is 9.49. The largest absolute Gasteiger partial charge is 0.325 e. The first-order valence-electron chi connectivity index (χ1n) is 9.11. The predicted molar refractivity (Wildman–Crippen MR) is 116 cm³/mol. The molecule has 146 valence electrons. The van der Waals surface area contributed by atoms with Crippen LogP contribution in [-0.2, 0) is 17.8 Å². The van der Waals surface area contributed by atoms with E-state index in [-0.39, 0.29) is 11.7 Å². The molecule has 8 heteroatoms. The lowest BCUT2D eigenvalue weighted by atomic mass is 10.0. The third-order valence-electron chi connectivity index (χ3n) is 4.25. The van der Waals surface area contributed by atoms with Gasteiger partial charge in [0, 0.05) is 10.6 Å². The van der Waals surface area contributed by atoms with E-state index in [1.54, 1.807) is 16.0 Å². The monoisotopic (exact) mass is 421 g/mol. The highest BCUT2D eigenvalue weighted by atomic mass is 32.2. The summed E-state index contributed by atoms with van der Waals surface area (Å²) in [6.07, 6.45) is 0.767. The third kappa shape index (κ3) is 5.30. The number of aromatic nitrogens is 4. The summed E-state index contributed by atoms with van der Waals surface area (Å²) in [4.78, 5) is 13.7. The third-order valence-corrected chi connectivity index (χ3v) is 6.06. The second-order valence-electron chi connectivity index (χ2n) is 6.35. The minimum absolute atomic E-state index is 0.0822. The van der Waals surface area contributed by atoms with Crippen molar-refractivity contribution in [3.8, 4) is 0 Å². The predicted octanol–water partition coefficient (Wildman–Crippen LogP) is 4.10. The molecule has 0 saturated heterocycles. The van der Waals surface area contributed by atoms with Crippen LogP contribution in [0.25, 0.3) is 0 Å². The molecule has 0 radical (unpaired) electrons. The van der Waals surface area contributed by atoms with Crippen LogP contribution in [0.3, 0.4) is 0 Å². The van der Waals surface area contributed by atoms with Crippen LogP contribution in [0.1, 0.15) is 16.0 Å². The maximum absolute atomic E-state index is 12.5. The van der Waals surface area contributed by atoms with Gasteiger partial charge in [0.05, 0.1) is 12.3 Å². The van der Waals surface area contributed by atoms with Crippen molar-refractivity contribution in [3.63, 3.8) is 0 Å². The van der Waals surface area contributed by atoms with Crippen molar-refractivity contribution in [2.75, 3.05) is 11.1 Å². The summed E-state index contributed by atoms with van der Waals surface area (Å²) < 4.78 is 1.72. The number of carbonyl (C=O) groups is 1. The first kappa shape index (κ1) is 19.4. The maximum atomic E-state index is 12.5. The van der Waals surface area contributed by atoms with Crippen molar-refractivity contribution in [1.29, 1.82) is 0 Å². The van der Waals surface area contributed by atoms with Crippen LogP contribution in [0.5, 0.6) is 0 Å². The van der Waals surface area contributed by atoms with E-state index >= 15 is 0 Å². The lowest BCUT2D eigenvalue weighted by Gasteiger charge is -2.11. The highest BCUT2D eigenvalue weighted by molar-refractivity contribution is 7.99. The number of thioether (sulfide) groups is 1. The van der Waals surface area contributed by atoms with Gasteiger partial charge >= 0.3 is 0 Å². The minimum Gasteiger partial charge on any atom is -0.325 e. The Hall–Kier alpha value is -2.97. The first-order valence-corrected chi connectivity index (χ1v) is 11.0. The number of hydrogen-bond donors (Lipinski definition) is 1. The summed E-state index contributed by atoms with van der Waals surface area (Å²) in [5, 5.41) is 17.5. The summed E-state index contributed by atoms with van der Waals surface area (Å²) >= 11 is 2.99. The lowest BCUT2D eigenvalue weighted by Crippen LogP contribution is -2.16. The number of carbonyl (C=O) groups excluding carboxylic acids is 1. The number of thiophene rings is 1. The van der Waals surface area contributed by atoms with E-state index in [9.17, 15) is 4.79 Å². The van der Waals surface area contributed by atoms with Crippen molar-refractivity contribution >= 4 is 34.7 Å². The van der Waals surface area contributed by atoms with Crippen molar-refractivity contribution in [1.82, 2.24) is 20.2 Å². The Labute approximate surface area is 177 Å². The van der Waals surface area contributed by atoms with Gasteiger partial charge < -0.3 is 5.32 Å². The van der Waals surface area contributed by atoms with Gasteiger partial charge in [0.25, 0.3) is 0 Å². The van der Waals surface area contributed by atoms with Crippen molar-refractivity contribution < 1.29 is 4.79 Å². The van der Waals surface area contributed by atoms with E-state index in [1.807, 2.05) is 60.0 Å². The molecule has 2 aromatic carbocycles. The maximum Gasteiger partial charge on any atom is 0.234 e. The zero-order valence-electron chi connectivity index (χ0n) is 15.6. The molecule has 6 nitrogen and oxygen atoms in total. The fourth-order valence-electron chi connectivity index (χ4n) is 2.88. The van der Waals surface area contributed by atoms with E-state index in [1.165, 1.54) is 22.2 Å². The topological polar surface area (TPSA) is 72.7 Å². The quantitative estimate of drug-likeness (QED) is 0.434. The molecule has 2 aromatic heterocycles. The van der Waals surface area contributed by atoms with E-state index in [4.69, 9.17) is 0 Å². The van der Waals surface area contributed by atoms with Crippen LogP contribution in [0.15, 0.2) is 77.3 Å². The van der Waals surface area contributed by atoms with Crippen LogP contribution in [0.2, 0.25) is 0 Å². The highest BCUT2D eigenvalue weighted by Gasteiger charge is 2.12. The van der Waals surface area contributed by atoms with Gasteiger partial charge in [0.15, 0.2) is 0 Å². The molecular formula is C21H19N5OS2. The number of tetrazole rings is 1. The van der Waals surface area contributed by atoms with Crippen molar-refractivity contribution in [2.24, 2.45) is 0 Å². The molecule has 0 atom stereocenters. The van der Waals surface area contributed by atoms with Crippen LogP contribution < -0.4 is 5.32 Å². The average Bonchev–Trinajstić information content (AvgIpc) is 3.41. The van der Waals surface area contributed by atoms with Crippen molar-refractivity contribution in [3.05, 3.63) is 88.1 Å². The lowest BCUT2D eigenvalue weighted by molar-refractivity contribution is -0.113. The molecule has 2 heterocycles. The zero-order valence-corrected chi connectivity index (χ0v) is 17.2. The molecule has 4 aromatic rings. The number of rotatable bonds is 8. The average molecular weight is 422 g/mol. The number of nitrogens with one attached hydrogen (secondary N) is 1. The first-order chi connectivity index (χ1) is 14.3. The van der Waals surface area contributed by atoms with E-state index in [0.29, 0.717) is 11.7 Å². The summed E-state index contributed by atoms with van der Waals surface area (Å²) in [6, 6.07) is 22.1. The molecule has 0 saturated carbocycles. The molecule has 0 fully saturated rings. The molecule has 1 N–H and O–H groups in total. The Kier molecular flexibility index (Phi) is 6.33. The standard InChI is InChI=1S/C21H19N5OS2/c27-20(15-29-21-23-24-25-26(21)14-18-10-6-12-28-18)22-19-11-5-4-9-17(19)13-16-7-2-1-3-8-16/h1-12H,13-15H2,(H,22,27). The molecule has 0 unspecified atom stereocenters. The fourth-order valence-corrected chi connectivity index (χ4v) is 4.24. The van der Waals surface area contributed by atoms with Gasteiger partial charge in [0.1, 0.15) is 0 Å². The number of benzene rings is 2. The number of nitrogens with zero attached hydrogens (tertiary/aromatic N) is 4. The van der Waals surface area contributed by atoms with Gasteiger partial charge in [-0.3, -0.25) is 4.79 Å². The van der Waals surface area contributed by atoms with E-state index < -0.39 is 0 Å². The molecule has 0 aliphatic rings. The Morgan fingerprint density at radius 1 is 1.03 bits per heavy atom. The molecule has 0 spiro atoms. The van der Waals surface area contributed by atoms with E-state index in [0.717, 1.165) is 17.7 Å². The number of anilines is 1. The van der Waals surface area contributed by atoms with Gasteiger partial charge in [-0.2, -0.15) is 0 Å². The molecule has 1 amide bonds. The fraction of sp³-hybridized carbons (Fsp3) is 0.143. The molecular weight excluding hydrogens is 402 g/mol. The Morgan fingerprint density at radius 2 is 1.86 bits per heavy atom. The normalized spacial score (nSPS) is 10.8. The highest BCUT2D eigenvalue weighted by Crippen LogP contribution is 2.21. The summed E-state index contributed by atoms with van der Waals surface area (Å²) in [5.41, 5.74) is 3.12. The van der Waals surface area contributed by atoms with Crippen LogP contribution in [-0.4, -0.2) is 31.9 Å². The number of hydrogen-bond acceptors (Lipinski definition) is 6.